The zero-order valence-electron chi connectivity index (χ0n) is 11.2. The molecule has 0 saturated carbocycles. The molecular formula is C14H26O2S. The van der Waals surface area contributed by atoms with Gasteiger partial charge in [0.05, 0.1) is 11.2 Å². The van der Waals surface area contributed by atoms with Crippen molar-refractivity contribution in [2.45, 2.75) is 63.6 Å². The maximum atomic E-state index is 10.8. The first kappa shape index (κ1) is 13.7. The lowest BCUT2D eigenvalue weighted by molar-refractivity contribution is -0.135. The second-order valence-electron chi connectivity index (χ2n) is 5.73. The van der Waals surface area contributed by atoms with E-state index in [0.717, 1.165) is 44.5 Å². The maximum absolute atomic E-state index is 10.8. The molecule has 3 atom stereocenters. The highest BCUT2D eigenvalue weighted by atomic mass is 32.2. The first-order valence-corrected chi connectivity index (χ1v) is 8.24. The summed E-state index contributed by atoms with van der Waals surface area (Å²) in [4.78, 5) is 0. The molecular weight excluding hydrogens is 232 g/mol. The van der Waals surface area contributed by atoms with Gasteiger partial charge in [-0.15, -0.1) is 0 Å². The molecule has 0 aliphatic carbocycles. The summed E-state index contributed by atoms with van der Waals surface area (Å²) in [5.74, 6) is 2.81. The first-order valence-electron chi connectivity index (χ1n) is 7.08. The Labute approximate surface area is 110 Å². The van der Waals surface area contributed by atoms with Gasteiger partial charge in [-0.2, -0.15) is 11.8 Å². The number of hydrogen-bond acceptors (Lipinski definition) is 3. The van der Waals surface area contributed by atoms with E-state index in [-0.39, 0.29) is 5.60 Å². The number of thioether (sulfide) groups is 1. The van der Waals surface area contributed by atoms with Crippen LogP contribution in [-0.4, -0.2) is 34.4 Å². The minimum absolute atomic E-state index is 0.102. The van der Waals surface area contributed by atoms with Gasteiger partial charge in [0.2, 0.25) is 0 Å². The third-order valence-corrected chi connectivity index (χ3v) is 5.84. The zero-order chi connectivity index (χ0) is 12.4. The van der Waals surface area contributed by atoms with Crippen molar-refractivity contribution in [3.05, 3.63) is 0 Å². The van der Waals surface area contributed by atoms with Crippen LogP contribution in [0, 0.1) is 5.92 Å². The van der Waals surface area contributed by atoms with Crippen LogP contribution in [0.3, 0.4) is 0 Å². The summed E-state index contributed by atoms with van der Waals surface area (Å²) in [7, 11) is 0. The van der Waals surface area contributed by atoms with Gasteiger partial charge in [-0.05, 0) is 43.8 Å². The fourth-order valence-corrected chi connectivity index (χ4v) is 4.83. The molecule has 1 N–H and O–H groups in total. The van der Waals surface area contributed by atoms with Crippen LogP contribution in [0.5, 0.6) is 0 Å². The fraction of sp³-hybridized carbons (Fsp3) is 1.00. The molecule has 0 bridgehead atoms. The predicted molar refractivity (Wildman–Crippen MR) is 73.5 cm³/mol. The van der Waals surface area contributed by atoms with E-state index in [1.54, 1.807) is 0 Å². The highest BCUT2D eigenvalue weighted by Crippen LogP contribution is 2.45. The third kappa shape index (κ3) is 2.82. The van der Waals surface area contributed by atoms with Gasteiger partial charge in [-0.25, -0.2) is 0 Å². The molecule has 0 aromatic carbocycles. The van der Waals surface area contributed by atoms with Crippen molar-refractivity contribution in [3.8, 4) is 0 Å². The summed E-state index contributed by atoms with van der Waals surface area (Å²) in [6.07, 6.45) is 6.19. The lowest BCUT2D eigenvalue weighted by Crippen LogP contribution is -2.48. The molecule has 2 aliphatic heterocycles. The molecule has 17 heavy (non-hydrogen) atoms. The van der Waals surface area contributed by atoms with Gasteiger partial charge in [0.25, 0.3) is 0 Å². The topological polar surface area (TPSA) is 29.5 Å². The SMILES string of the molecule is CCCC(O)(CC)C1CCOC2(CCSC2)C1. The Morgan fingerprint density at radius 3 is 2.88 bits per heavy atom. The van der Waals surface area contributed by atoms with Crippen LogP contribution in [0.25, 0.3) is 0 Å². The van der Waals surface area contributed by atoms with Crippen molar-refractivity contribution in [1.82, 2.24) is 0 Å². The Bertz CT molecular complexity index is 251. The Hall–Kier alpha value is 0.270. The minimum atomic E-state index is -0.446. The predicted octanol–water partition coefficient (Wildman–Crippen LogP) is 3.23. The smallest absolute Gasteiger partial charge is 0.0784 e. The molecule has 100 valence electrons. The van der Waals surface area contributed by atoms with E-state index in [0.29, 0.717) is 5.92 Å². The van der Waals surface area contributed by atoms with Crippen LogP contribution in [0.2, 0.25) is 0 Å². The van der Waals surface area contributed by atoms with Crippen LogP contribution in [0.15, 0.2) is 0 Å². The van der Waals surface area contributed by atoms with Gasteiger partial charge in [-0.1, -0.05) is 20.3 Å². The van der Waals surface area contributed by atoms with Gasteiger partial charge < -0.3 is 9.84 Å². The molecule has 3 heteroatoms. The summed E-state index contributed by atoms with van der Waals surface area (Å²) < 4.78 is 6.04. The molecule has 2 fully saturated rings. The molecule has 2 aliphatic rings. The highest BCUT2D eigenvalue weighted by Gasteiger charge is 2.46. The summed E-state index contributed by atoms with van der Waals surface area (Å²) in [6.45, 7) is 5.14. The van der Waals surface area contributed by atoms with E-state index in [1.165, 1.54) is 12.2 Å². The second kappa shape index (κ2) is 5.50. The number of hydrogen-bond donors (Lipinski definition) is 1. The number of ether oxygens (including phenoxy) is 1. The molecule has 2 nitrogen and oxygen atoms in total. The van der Waals surface area contributed by atoms with Crippen molar-refractivity contribution in [3.63, 3.8) is 0 Å². The highest BCUT2D eigenvalue weighted by molar-refractivity contribution is 7.99. The van der Waals surface area contributed by atoms with E-state index in [2.05, 4.69) is 13.8 Å². The number of rotatable bonds is 4. The van der Waals surface area contributed by atoms with Crippen molar-refractivity contribution in [2.75, 3.05) is 18.1 Å². The summed E-state index contributed by atoms with van der Waals surface area (Å²) in [5, 5.41) is 10.8. The van der Waals surface area contributed by atoms with Gasteiger partial charge in [0.15, 0.2) is 0 Å². The van der Waals surface area contributed by atoms with Crippen LogP contribution < -0.4 is 0 Å². The third-order valence-electron chi connectivity index (χ3n) is 4.62. The van der Waals surface area contributed by atoms with E-state index < -0.39 is 5.60 Å². The van der Waals surface area contributed by atoms with E-state index in [1.807, 2.05) is 11.8 Å². The molecule has 0 amide bonds. The standard InChI is InChI=1S/C14H26O2S/c1-3-6-14(15,4-2)12-5-8-16-13(10-12)7-9-17-11-13/h12,15H,3-11H2,1-2H3. The molecule has 3 unspecified atom stereocenters. The van der Waals surface area contributed by atoms with Gasteiger partial charge >= 0.3 is 0 Å². The largest absolute Gasteiger partial charge is 0.390 e. The van der Waals surface area contributed by atoms with Crippen LogP contribution in [0.4, 0.5) is 0 Å². The van der Waals surface area contributed by atoms with Gasteiger partial charge in [-0.3, -0.25) is 0 Å². The van der Waals surface area contributed by atoms with E-state index in [9.17, 15) is 5.11 Å². The molecule has 2 heterocycles. The van der Waals surface area contributed by atoms with E-state index in [4.69, 9.17) is 4.74 Å². The Kier molecular flexibility index (Phi) is 4.43. The Morgan fingerprint density at radius 1 is 1.47 bits per heavy atom. The van der Waals surface area contributed by atoms with Crippen molar-refractivity contribution >= 4 is 11.8 Å². The lowest BCUT2D eigenvalue weighted by atomic mass is 9.72. The molecule has 0 aromatic rings. The Morgan fingerprint density at radius 2 is 2.29 bits per heavy atom. The monoisotopic (exact) mass is 258 g/mol. The van der Waals surface area contributed by atoms with Crippen LogP contribution >= 0.6 is 11.8 Å². The van der Waals surface area contributed by atoms with Crippen molar-refractivity contribution in [2.24, 2.45) is 5.92 Å². The Balaban J connectivity index is 2.05. The van der Waals surface area contributed by atoms with Crippen LogP contribution in [-0.2, 0) is 4.74 Å². The van der Waals surface area contributed by atoms with E-state index >= 15 is 0 Å². The molecule has 2 saturated heterocycles. The summed E-state index contributed by atoms with van der Waals surface area (Å²) >= 11 is 2.01. The van der Waals surface area contributed by atoms with Gasteiger partial charge in [0, 0.05) is 12.4 Å². The average molecular weight is 258 g/mol. The molecule has 1 spiro atoms. The molecule has 0 radical (unpaired) electrons. The first-order chi connectivity index (χ1) is 8.14. The zero-order valence-corrected chi connectivity index (χ0v) is 12.0. The molecule has 2 rings (SSSR count). The quantitative estimate of drug-likeness (QED) is 0.839. The summed E-state index contributed by atoms with van der Waals surface area (Å²) in [5.41, 5.74) is -0.344. The minimum Gasteiger partial charge on any atom is -0.390 e. The summed E-state index contributed by atoms with van der Waals surface area (Å²) in [6, 6.07) is 0. The normalized spacial score (nSPS) is 37.2. The van der Waals surface area contributed by atoms with Gasteiger partial charge in [0.1, 0.15) is 0 Å². The van der Waals surface area contributed by atoms with Crippen molar-refractivity contribution < 1.29 is 9.84 Å². The van der Waals surface area contributed by atoms with Crippen LogP contribution in [0.1, 0.15) is 52.4 Å². The lowest BCUT2D eigenvalue weighted by Gasteiger charge is -2.45. The second-order valence-corrected chi connectivity index (χ2v) is 6.84. The van der Waals surface area contributed by atoms with Crippen molar-refractivity contribution in [1.29, 1.82) is 0 Å². The maximum Gasteiger partial charge on any atom is 0.0784 e. The fourth-order valence-electron chi connectivity index (χ4n) is 3.45. The molecule has 0 aromatic heterocycles. The average Bonchev–Trinajstić information content (AvgIpc) is 2.77. The number of aliphatic hydroxyl groups is 1.